The van der Waals surface area contributed by atoms with Gasteiger partial charge in [-0.15, -0.1) is 0 Å². The third-order valence-corrected chi connectivity index (χ3v) is 4.29. The number of aromatic nitrogens is 2. The van der Waals surface area contributed by atoms with Crippen molar-refractivity contribution in [2.45, 2.75) is 51.0 Å². The molecule has 0 spiro atoms. The Morgan fingerprint density at radius 3 is 2.85 bits per heavy atom. The van der Waals surface area contributed by atoms with Crippen LogP contribution >= 0.6 is 0 Å². The molecule has 1 N–H and O–H groups in total. The van der Waals surface area contributed by atoms with Crippen molar-refractivity contribution in [3.05, 3.63) is 18.1 Å². The molecule has 2 heterocycles. The van der Waals surface area contributed by atoms with Crippen LogP contribution in [0.25, 0.3) is 0 Å². The van der Waals surface area contributed by atoms with Gasteiger partial charge in [0.05, 0.1) is 0 Å². The zero-order valence-electron chi connectivity index (χ0n) is 11.8. The summed E-state index contributed by atoms with van der Waals surface area (Å²) in [5, 5.41) is 2.86. The molecule has 0 bridgehead atoms. The fourth-order valence-electron chi connectivity index (χ4n) is 3.05. The molecule has 1 aromatic rings. The van der Waals surface area contributed by atoms with Gasteiger partial charge in [-0.3, -0.25) is 4.79 Å². The Balaban J connectivity index is 1.67. The SMILES string of the molecule is C[C@H]1CCO[C@@H]1C(=O)Nc1ccnc(C2CCCC2)n1. The monoisotopic (exact) mass is 275 g/mol. The van der Waals surface area contributed by atoms with Gasteiger partial charge in [0.2, 0.25) is 0 Å². The third kappa shape index (κ3) is 2.82. The van der Waals surface area contributed by atoms with Crippen molar-refractivity contribution in [1.29, 1.82) is 0 Å². The van der Waals surface area contributed by atoms with Crippen LogP contribution in [0, 0.1) is 5.92 Å². The number of hydrogen-bond acceptors (Lipinski definition) is 4. The van der Waals surface area contributed by atoms with Gasteiger partial charge in [0.1, 0.15) is 17.7 Å². The van der Waals surface area contributed by atoms with E-state index in [1.807, 2.05) is 6.92 Å². The molecular weight excluding hydrogens is 254 g/mol. The van der Waals surface area contributed by atoms with Crippen LogP contribution < -0.4 is 5.32 Å². The summed E-state index contributed by atoms with van der Waals surface area (Å²) in [5.74, 6) is 2.08. The second kappa shape index (κ2) is 5.87. The van der Waals surface area contributed by atoms with Crippen LogP contribution in [0.15, 0.2) is 12.3 Å². The molecule has 1 saturated carbocycles. The normalized spacial score (nSPS) is 26.9. The summed E-state index contributed by atoms with van der Waals surface area (Å²) in [7, 11) is 0. The minimum absolute atomic E-state index is 0.0916. The highest BCUT2D eigenvalue weighted by Gasteiger charge is 2.31. The maximum Gasteiger partial charge on any atom is 0.254 e. The van der Waals surface area contributed by atoms with E-state index in [1.165, 1.54) is 12.8 Å². The molecule has 5 heteroatoms. The lowest BCUT2D eigenvalue weighted by Crippen LogP contribution is -2.31. The summed E-state index contributed by atoms with van der Waals surface area (Å²) in [5.41, 5.74) is 0. The van der Waals surface area contributed by atoms with Gasteiger partial charge < -0.3 is 10.1 Å². The average molecular weight is 275 g/mol. The van der Waals surface area contributed by atoms with Crippen molar-refractivity contribution in [2.75, 3.05) is 11.9 Å². The fourth-order valence-corrected chi connectivity index (χ4v) is 3.05. The van der Waals surface area contributed by atoms with E-state index in [0.717, 1.165) is 25.1 Å². The molecule has 1 saturated heterocycles. The number of amides is 1. The summed E-state index contributed by atoms with van der Waals surface area (Å²) >= 11 is 0. The average Bonchev–Trinajstić information content (AvgIpc) is 3.09. The molecule has 20 heavy (non-hydrogen) atoms. The molecule has 1 aromatic heterocycles. The number of hydrogen-bond donors (Lipinski definition) is 1. The highest BCUT2D eigenvalue weighted by molar-refractivity contribution is 5.93. The van der Waals surface area contributed by atoms with Gasteiger partial charge in [-0.1, -0.05) is 19.8 Å². The molecule has 0 unspecified atom stereocenters. The maximum absolute atomic E-state index is 12.2. The number of nitrogens with one attached hydrogen (secondary N) is 1. The van der Waals surface area contributed by atoms with Crippen LogP contribution in [0.4, 0.5) is 5.82 Å². The predicted octanol–water partition coefficient (Wildman–Crippen LogP) is 2.50. The Bertz CT molecular complexity index is 486. The van der Waals surface area contributed by atoms with Crippen molar-refractivity contribution < 1.29 is 9.53 Å². The number of rotatable bonds is 3. The van der Waals surface area contributed by atoms with Crippen molar-refractivity contribution >= 4 is 11.7 Å². The molecule has 1 amide bonds. The summed E-state index contributed by atoms with van der Waals surface area (Å²) < 4.78 is 5.47. The van der Waals surface area contributed by atoms with E-state index in [2.05, 4.69) is 15.3 Å². The van der Waals surface area contributed by atoms with Crippen LogP contribution in [-0.2, 0) is 9.53 Å². The van der Waals surface area contributed by atoms with E-state index in [1.54, 1.807) is 12.3 Å². The number of carbonyl (C=O) groups excluding carboxylic acids is 1. The standard InChI is InChI=1S/C15H21N3O2/c1-10-7-9-20-13(10)15(19)18-12-6-8-16-14(17-12)11-4-2-3-5-11/h6,8,10-11,13H,2-5,7,9H2,1H3,(H,16,17,18,19)/t10-,13-/m0/s1. The zero-order valence-corrected chi connectivity index (χ0v) is 11.8. The first-order chi connectivity index (χ1) is 9.74. The number of anilines is 1. The van der Waals surface area contributed by atoms with Crippen LogP contribution in [0.3, 0.4) is 0 Å². The fraction of sp³-hybridized carbons (Fsp3) is 0.667. The summed E-state index contributed by atoms with van der Waals surface area (Å²) in [6.07, 6.45) is 7.13. The Labute approximate surface area is 119 Å². The molecule has 1 aliphatic heterocycles. The van der Waals surface area contributed by atoms with Gasteiger partial charge >= 0.3 is 0 Å². The van der Waals surface area contributed by atoms with Crippen molar-refractivity contribution in [2.24, 2.45) is 5.92 Å². The van der Waals surface area contributed by atoms with Crippen molar-refractivity contribution in [3.8, 4) is 0 Å². The zero-order chi connectivity index (χ0) is 13.9. The van der Waals surface area contributed by atoms with E-state index in [-0.39, 0.29) is 17.9 Å². The molecule has 5 nitrogen and oxygen atoms in total. The summed E-state index contributed by atoms with van der Waals surface area (Å²) in [6, 6.07) is 1.75. The third-order valence-electron chi connectivity index (χ3n) is 4.29. The molecule has 108 valence electrons. The Kier molecular flexibility index (Phi) is 3.96. The Hall–Kier alpha value is -1.49. The summed E-state index contributed by atoms with van der Waals surface area (Å²) in [6.45, 7) is 2.71. The highest BCUT2D eigenvalue weighted by Crippen LogP contribution is 2.32. The van der Waals surface area contributed by atoms with Gasteiger partial charge in [-0.05, 0) is 31.2 Å². The molecule has 0 aromatic carbocycles. The lowest BCUT2D eigenvalue weighted by Gasteiger charge is -2.15. The highest BCUT2D eigenvalue weighted by atomic mass is 16.5. The van der Waals surface area contributed by atoms with E-state index >= 15 is 0 Å². The predicted molar refractivity (Wildman–Crippen MR) is 75.4 cm³/mol. The van der Waals surface area contributed by atoms with Gasteiger partial charge in [-0.2, -0.15) is 0 Å². The molecule has 2 aliphatic rings. The van der Waals surface area contributed by atoms with Gasteiger partial charge in [-0.25, -0.2) is 9.97 Å². The van der Waals surface area contributed by atoms with Crippen LogP contribution in [0.2, 0.25) is 0 Å². The number of nitrogens with zero attached hydrogens (tertiary/aromatic N) is 2. The van der Waals surface area contributed by atoms with Crippen LogP contribution in [0.1, 0.15) is 50.8 Å². The molecule has 0 radical (unpaired) electrons. The maximum atomic E-state index is 12.2. The Morgan fingerprint density at radius 1 is 1.35 bits per heavy atom. The lowest BCUT2D eigenvalue weighted by atomic mass is 10.0. The Morgan fingerprint density at radius 2 is 2.15 bits per heavy atom. The summed E-state index contributed by atoms with van der Waals surface area (Å²) in [4.78, 5) is 21.0. The minimum atomic E-state index is -0.347. The number of ether oxygens (including phenoxy) is 1. The van der Waals surface area contributed by atoms with Gasteiger partial charge in [0, 0.05) is 18.7 Å². The number of carbonyl (C=O) groups is 1. The topological polar surface area (TPSA) is 64.1 Å². The van der Waals surface area contributed by atoms with E-state index in [9.17, 15) is 4.79 Å². The lowest BCUT2D eigenvalue weighted by molar-refractivity contribution is -0.126. The van der Waals surface area contributed by atoms with Crippen LogP contribution in [-0.4, -0.2) is 28.6 Å². The van der Waals surface area contributed by atoms with Crippen molar-refractivity contribution in [3.63, 3.8) is 0 Å². The first-order valence-electron chi connectivity index (χ1n) is 7.49. The van der Waals surface area contributed by atoms with Gasteiger partial charge in [0.15, 0.2) is 0 Å². The molecular formula is C15H21N3O2. The van der Waals surface area contributed by atoms with Crippen molar-refractivity contribution in [1.82, 2.24) is 9.97 Å². The smallest absolute Gasteiger partial charge is 0.254 e. The van der Waals surface area contributed by atoms with Crippen LogP contribution in [0.5, 0.6) is 0 Å². The second-order valence-electron chi connectivity index (χ2n) is 5.83. The first-order valence-corrected chi connectivity index (χ1v) is 7.49. The molecule has 2 fully saturated rings. The largest absolute Gasteiger partial charge is 0.368 e. The molecule has 3 rings (SSSR count). The quantitative estimate of drug-likeness (QED) is 0.920. The van der Waals surface area contributed by atoms with E-state index in [4.69, 9.17) is 4.74 Å². The van der Waals surface area contributed by atoms with Gasteiger partial charge in [0.25, 0.3) is 5.91 Å². The molecule has 1 aliphatic carbocycles. The minimum Gasteiger partial charge on any atom is -0.368 e. The first kappa shape index (κ1) is 13.5. The van der Waals surface area contributed by atoms with E-state index < -0.39 is 0 Å². The second-order valence-corrected chi connectivity index (χ2v) is 5.83. The molecule has 2 atom stereocenters. The van der Waals surface area contributed by atoms with E-state index in [0.29, 0.717) is 18.3 Å².